The van der Waals surface area contributed by atoms with E-state index in [-0.39, 0.29) is 6.04 Å². The van der Waals surface area contributed by atoms with E-state index in [2.05, 4.69) is 29.6 Å². The first kappa shape index (κ1) is 20.5. The second-order valence-corrected chi connectivity index (χ2v) is 3.65. The molecule has 0 radical (unpaired) electrons. The van der Waals surface area contributed by atoms with Gasteiger partial charge in [-0.2, -0.15) is 0 Å². The molecule has 112 valence electrons. The minimum atomic E-state index is 0.274. The lowest BCUT2D eigenvalue weighted by Gasteiger charge is -2.30. The lowest BCUT2D eigenvalue weighted by atomic mass is 9.93. The van der Waals surface area contributed by atoms with Gasteiger partial charge in [0.25, 0.3) is 0 Å². The fraction of sp³-hybridized carbons (Fsp3) is 0.647. The Kier molecular flexibility index (Phi) is 16.4. The van der Waals surface area contributed by atoms with Gasteiger partial charge in [-0.25, -0.2) is 0 Å². The number of nitrogens with two attached hydrogens (primary N) is 1. The van der Waals surface area contributed by atoms with Gasteiger partial charge in [0.15, 0.2) is 0 Å². The van der Waals surface area contributed by atoms with Crippen LogP contribution in [0.15, 0.2) is 30.3 Å². The topological polar surface area (TPSA) is 38.0 Å². The maximum Gasteiger partial charge on any atom is 0.0473 e. The number of nitrogens with one attached hydrogen (secondary N) is 1. The summed E-state index contributed by atoms with van der Waals surface area (Å²) in [5, 5.41) is 3.46. The van der Waals surface area contributed by atoms with Crippen molar-refractivity contribution in [2.45, 2.75) is 66.5 Å². The summed E-state index contributed by atoms with van der Waals surface area (Å²) in [5.41, 5.74) is 7.36. The van der Waals surface area contributed by atoms with E-state index in [0.717, 1.165) is 13.0 Å². The smallest absolute Gasteiger partial charge is 0.0473 e. The summed E-state index contributed by atoms with van der Waals surface area (Å²) < 4.78 is 0. The van der Waals surface area contributed by atoms with Gasteiger partial charge in [0, 0.05) is 12.1 Å². The zero-order valence-electron chi connectivity index (χ0n) is 13.7. The van der Waals surface area contributed by atoms with Crippen LogP contribution in [0.3, 0.4) is 0 Å². The van der Waals surface area contributed by atoms with E-state index in [4.69, 9.17) is 5.73 Å². The maximum atomic E-state index is 6.05. The number of benzene rings is 1. The number of hydrogen-bond acceptors (Lipinski definition) is 2. The SMILES string of the molecule is CC.CC.CC.NC1CCCNC1c1ccccc1. The molecule has 0 spiro atoms. The number of rotatable bonds is 1. The Labute approximate surface area is 120 Å². The first-order valence-electron chi connectivity index (χ1n) is 7.92. The third-order valence-electron chi connectivity index (χ3n) is 2.67. The first-order valence-corrected chi connectivity index (χ1v) is 7.92. The van der Waals surface area contributed by atoms with Crippen molar-refractivity contribution < 1.29 is 0 Å². The Morgan fingerprint density at radius 3 is 1.95 bits per heavy atom. The van der Waals surface area contributed by atoms with Crippen molar-refractivity contribution in [1.82, 2.24) is 5.32 Å². The molecule has 1 aliphatic rings. The van der Waals surface area contributed by atoms with Crippen LogP contribution in [0.1, 0.15) is 66.0 Å². The standard InChI is InChI=1S/C11H16N2.3C2H6/c12-10-7-4-8-13-11(10)9-5-2-1-3-6-9;3*1-2/h1-3,5-6,10-11,13H,4,7-8,12H2;3*1-2H3. The van der Waals surface area contributed by atoms with Crippen LogP contribution in [0.25, 0.3) is 0 Å². The molecule has 1 aromatic rings. The first-order chi connectivity index (χ1) is 9.38. The highest BCUT2D eigenvalue weighted by molar-refractivity contribution is 5.21. The molecule has 0 aliphatic carbocycles. The van der Waals surface area contributed by atoms with Crippen molar-refractivity contribution in [3.8, 4) is 0 Å². The molecule has 1 saturated heterocycles. The lowest BCUT2D eigenvalue weighted by molar-refractivity contribution is 0.358. The molecular weight excluding hydrogens is 232 g/mol. The van der Waals surface area contributed by atoms with Gasteiger partial charge in [-0.1, -0.05) is 71.9 Å². The molecule has 2 atom stereocenters. The summed E-state index contributed by atoms with van der Waals surface area (Å²) in [6.07, 6.45) is 2.33. The summed E-state index contributed by atoms with van der Waals surface area (Å²) in [6.45, 7) is 13.1. The van der Waals surface area contributed by atoms with Crippen LogP contribution in [0.2, 0.25) is 0 Å². The zero-order chi connectivity index (χ0) is 15.1. The predicted molar refractivity (Wildman–Crippen MR) is 88.4 cm³/mol. The molecule has 2 unspecified atom stereocenters. The molecule has 3 N–H and O–H groups in total. The molecule has 0 saturated carbocycles. The molecule has 2 nitrogen and oxygen atoms in total. The number of piperidine rings is 1. The van der Waals surface area contributed by atoms with E-state index in [1.54, 1.807) is 0 Å². The highest BCUT2D eigenvalue weighted by atomic mass is 15.0. The number of hydrogen-bond donors (Lipinski definition) is 2. The van der Waals surface area contributed by atoms with E-state index in [9.17, 15) is 0 Å². The molecule has 0 amide bonds. The molecule has 0 aromatic heterocycles. The molecule has 2 rings (SSSR count). The molecule has 19 heavy (non-hydrogen) atoms. The van der Waals surface area contributed by atoms with Gasteiger partial charge in [-0.15, -0.1) is 0 Å². The molecule has 1 aliphatic heterocycles. The third-order valence-corrected chi connectivity index (χ3v) is 2.67. The van der Waals surface area contributed by atoms with Crippen molar-refractivity contribution in [2.75, 3.05) is 6.54 Å². The van der Waals surface area contributed by atoms with Gasteiger partial charge in [0.05, 0.1) is 0 Å². The Morgan fingerprint density at radius 2 is 1.47 bits per heavy atom. The van der Waals surface area contributed by atoms with Gasteiger partial charge < -0.3 is 11.1 Å². The van der Waals surface area contributed by atoms with Crippen LogP contribution < -0.4 is 11.1 Å². The highest BCUT2D eigenvalue weighted by Gasteiger charge is 2.21. The van der Waals surface area contributed by atoms with Crippen LogP contribution in [0.5, 0.6) is 0 Å². The minimum absolute atomic E-state index is 0.274. The molecule has 0 bridgehead atoms. The second-order valence-electron chi connectivity index (χ2n) is 3.65. The minimum Gasteiger partial charge on any atom is -0.326 e. The quantitative estimate of drug-likeness (QED) is 0.784. The summed E-state index contributed by atoms with van der Waals surface area (Å²) >= 11 is 0. The average molecular weight is 266 g/mol. The Bertz CT molecular complexity index is 259. The van der Waals surface area contributed by atoms with Crippen molar-refractivity contribution in [1.29, 1.82) is 0 Å². The van der Waals surface area contributed by atoms with Crippen LogP contribution in [0, 0.1) is 0 Å². The molecular formula is C17H34N2. The van der Waals surface area contributed by atoms with Crippen LogP contribution >= 0.6 is 0 Å². The van der Waals surface area contributed by atoms with Gasteiger partial charge in [-0.3, -0.25) is 0 Å². The van der Waals surface area contributed by atoms with Gasteiger partial charge in [0.1, 0.15) is 0 Å². The summed E-state index contributed by atoms with van der Waals surface area (Å²) in [5.74, 6) is 0. The van der Waals surface area contributed by atoms with Gasteiger partial charge in [-0.05, 0) is 24.9 Å². The maximum absolute atomic E-state index is 6.05. The van der Waals surface area contributed by atoms with Gasteiger partial charge in [0.2, 0.25) is 0 Å². The van der Waals surface area contributed by atoms with Crippen LogP contribution in [0.4, 0.5) is 0 Å². The normalized spacial score (nSPS) is 20.6. The second kappa shape index (κ2) is 15.2. The zero-order valence-corrected chi connectivity index (χ0v) is 13.7. The van der Waals surface area contributed by atoms with E-state index in [1.807, 2.05) is 47.6 Å². The highest BCUT2D eigenvalue weighted by Crippen LogP contribution is 2.21. The van der Waals surface area contributed by atoms with E-state index in [1.165, 1.54) is 12.0 Å². The Hall–Kier alpha value is -0.860. The monoisotopic (exact) mass is 266 g/mol. The van der Waals surface area contributed by atoms with Crippen LogP contribution in [-0.2, 0) is 0 Å². The Balaban J connectivity index is 0. The fourth-order valence-electron chi connectivity index (χ4n) is 1.94. The summed E-state index contributed by atoms with van der Waals surface area (Å²) in [4.78, 5) is 0. The van der Waals surface area contributed by atoms with Gasteiger partial charge >= 0.3 is 0 Å². The average Bonchev–Trinajstić information content (AvgIpc) is 2.54. The van der Waals surface area contributed by atoms with Crippen molar-refractivity contribution in [3.63, 3.8) is 0 Å². The molecule has 1 heterocycles. The Morgan fingerprint density at radius 1 is 0.947 bits per heavy atom. The fourth-order valence-corrected chi connectivity index (χ4v) is 1.94. The van der Waals surface area contributed by atoms with Crippen molar-refractivity contribution >= 4 is 0 Å². The van der Waals surface area contributed by atoms with E-state index >= 15 is 0 Å². The van der Waals surface area contributed by atoms with Crippen molar-refractivity contribution in [3.05, 3.63) is 35.9 Å². The predicted octanol–water partition coefficient (Wildman–Crippen LogP) is 4.52. The van der Waals surface area contributed by atoms with E-state index in [0.29, 0.717) is 6.04 Å². The van der Waals surface area contributed by atoms with Crippen molar-refractivity contribution in [2.24, 2.45) is 5.73 Å². The van der Waals surface area contributed by atoms with Crippen LogP contribution in [-0.4, -0.2) is 12.6 Å². The third kappa shape index (κ3) is 8.02. The van der Waals surface area contributed by atoms with E-state index < -0.39 is 0 Å². The largest absolute Gasteiger partial charge is 0.326 e. The molecule has 2 heteroatoms. The summed E-state index contributed by atoms with van der Waals surface area (Å²) in [7, 11) is 0. The summed E-state index contributed by atoms with van der Waals surface area (Å²) in [6, 6.07) is 11.1. The molecule has 1 fully saturated rings. The lowest BCUT2D eigenvalue weighted by Crippen LogP contribution is -2.42. The molecule has 1 aromatic carbocycles.